The molecule has 1 aromatic carbocycles. The first-order valence-electron chi connectivity index (χ1n) is 5.24. The number of hydrogen-bond acceptors (Lipinski definition) is 2. The zero-order valence-electron chi connectivity index (χ0n) is 8.74. The molecule has 15 heavy (non-hydrogen) atoms. The van der Waals surface area contributed by atoms with Gasteiger partial charge in [-0.3, -0.25) is 0 Å². The van der Waals surface area contributed by atoms with Gasteiger partial charge < -0.3 is 9.84 Å². The molecule has 0 heterocycles. The molecule has 0 spiro atoms. The molecule has 0 bridgehead atoms. The van der Waals surface area contributed by atoms with Gasteiger partial charge in [0.15, 0.2) is 0 Å². The first kappa shape index (κ1) is 11.0. The first-order chi connectivity index (χ1) is 7.22. The van der Waals surface area contributed by atoms with Crippen LogP contribution < -0.4 is 4.74 Å². The lowest BCUT2D eigenvalue weighted by Gasteiger charge is -2.31. The Morgan fingerprint density at radius 3 is 2.73 bits per heavy atom. The lowest BCUT2D eigenvalue weighted by Crippen LogP contribution is -2.20. The van der Waals surface area contributed by atoms with Gasteiger partial charge in [-0.2, -0.15) is 0 Å². The van der Waals surface area contributed by atoms with Gasteiger partial charge in [-0.05, 0) is 42.5 Å². The quantitative estimate of drug-likeness (QED) is 0.914. The van der Waals surface area contributed by atoms with E-state index in [9.17, 15) is 5.11 Å². The SMILES string of the molecule is COc1ccc(Br)c(C(O)C2CCC2)c1. The summed E-state index contributed by atoms with van der Waals surface area (Å²) >= 11 is 3.47. The van der Waals surface area contributed by atoms with Crippen LogP contribution in [0.15, 0.2) is 22.7 Å². The molecule has 0 aliphatic heterocycles. The minimum Gasteiger partial charge on any atom is -0.497 e. The molecule has 2 rings (SSSR count). The Morgan fingerprint density at radius 2 is 2.20 bits per heavy atom. The lowest BCUT2D eigenvalue weighted by atomic mass is 9.79. The van der Waals surface area contributed by atoms with E-state index >= 15 is 0 Å². The Hall–Kier alpha value is -0.540. The van der Waals surface area contributed by atoms with Gasteiger partial charge in [0, 0.05) is 4.47 Å². The molecule has 1 aliphatic carbocycles. The number of aliphatic hydroxyl groups excluding tert-OH is 1. The monoisotopic (exact) mass is 270 g/mol. The van der Waals surface area contributed by atoms with E-state index < -0.39 is 0 Å². The van der Waals surface area contributed by atoms with Crippen LogP contribution in [0.5, 0.6) is 5.75 Å². The molecule has 1 aromatic rings. The third-order valence-corrected chi connectivity index (χ3v) is 3.84. The molecule has 0 radical (unpaired) electrons. The van der Waals surface area contributed by atoms with Gasteiger partial charge in [0.05, 0.1) is 13.2 Å². The third-order valence-electron chi connectivity index (χ3n) is 3.12. The maximum Gasteiger partial charge on any atom is 0.119 e. The molecule has 0 amide bonds. The second-order valence-corrected chi connectivity index (χ2v) is 4.88. The number of rotatable bonds is 3. The zero-order chi connectivity index (χ0) is 10.8. The number of hydrogen-bond donors (Lipinski definition) is 1. The maximum absolute atomic E-state index is 10.2. The van der Waals surface area contributed by atoms with Crippen LogP contribution in [0.4, 0.5) is 0 Å². The normalized spacial score (nSPS) is 18.3. The number of aliphatic hydroxyl groups is 1. The molecule has 2 nitrogen and oxygen atoms in total. The van der Waals surface area contributed by atoms with E-state index in [1.54, 1.807) is 7.11 Å². The van der Waals surface area contributed by atoms with Crippen molar-refractivity contribution >= 4 is 15.9 Å². The van der Waals surface area contributed by atoms with Crippen LogP contribution in [0.1, 0.15) is 30.9 Å². The van der Waals surface area contributed by atoms with E-state index in [0.717, 1.165) is 28.6 Å². The van der Waals surface area contributed by atoms with E-state index in [2.05, 4.69) is 15.9 Å². The second kappa shape index (κ2) is 4.54. The highest BCUT2D eigenvalue weighted by molar-refractivity contribution is 9.10. The maximum atomic E-state index is 10.2. The number of methoxy groups -OCH3 is 1. The van der Waals surface area contributed by atoms with E-state index in [1.807, 2.05) is 18.2 Å². The molecule has 1 aliphatic rings. The average molecular weight is 271 g/mol. The van der Waals surface area contributed by atoms with Crippen molar-refractivity contribution in [2.24, 2.45) is 5.92 Å². The molecule has 0 aromatic heterocycles. The summed E-state index contributed by atoms with van der Waals surface area (Å²) < 4.78 is 6.12. The summed E-state index contributed by atoms with van der Waals surface area (Å²) in [4.78, 5) is 0. The van der Waals surface area contributed by atoms with E-state index in [-0.39, 0.29) is 6.10 Å². The first-order valence-corrected chi connectivity index (χ1v) is 6.03. The van der Waals surface area contributed by atoms with Gasteiger partial charge in [0.2, 0.25) is 0 Å². The van der Waals surface area contributed by atoms with Crippen molar-refractivity contribution in [3.8, 4) is 5.75 Å². The van der Waals surface area contributed by atoms with Crippen LogP contribution in [-0.2, 0) is 0 Å². The minimum atomic E-state index is -0.358. The van der Waals surface area contributed by atoms with Crippen molar-refractivity contribution < 1.29 is 9.84 Å². The van der Waals surface area contributed by atoms with Gasteiger partial charge in [-0.1, -0.05) is 22.4 Å². The fourth-order valence-corrected chi connectivity index (χ4v) is 2.37. The highest BCUT2D eigenvalue weighted by Crippen LogP contribution is 2.40. The summed E-state index contributed by atoms with van der Waals surface area (Å²) in [5, 5.41) is 10.2. The van der Waals surface area contributed by atoms with Gasteiger partial charge in [0.1, 0.15) is 5.75 Å². The number of halogens is 1. The molecule has 1 fully saturated rings. The van der Waals surface area contributed by atoms with Gasteiger partial charge in [0.25, 0.3) is 0 Å². The van der Waals surface area contributed by atoms with Crippen LogP contribution in [0.3, 0.4) is 0 Å². The van der Waals surface area contributed by atoms with Gasteiger partial charge in [-0.15, -0.1) is 0 Å². The number of benzene rings is 1. The zero-order valence-corrected chi connectivity index (χ0v) is 10.3. The van der Waals surface area contributed by atoms with Crippen molar-refractivity contribution in [1.82, 2.24) is 0 Å². The molecule has 1 N–H and O–H groups in total. The van der Waals surface area contributed by atoms with E-state index in [0.29, 0.717) is 5.92 Å². The molecule has 82 valence electrons. The smallest absolute Gasteiger partial charge is 0.119 e. The van der Waals surface area contributed by atoms with Crippen LogP contribution >= 0.6 is 15.9 Å². The van der Waals surface area contributed by atoms with Crippen LogP contribution in [0, 0.1) is 5.92 Å². The summed E-state index contributed by atoms with van der Waals surface area (Å²) in [5.41, 5.74) is 0.944. The average Bonchev–Trinajstić information content (AvgIpc) is 2.15. The van der Waals surface area contributed by atoms with Crippen LogP contribution in [0.2, 0.25) is 0 Å². The van der Waals surface area contributed by atoms with Crippen molar-refractivity contribution in [1.29, 1.82) is 0 Å². The fraction of sp³-hybridized carbons (Fsp3) is 0.500. The van der Waals surface area contributed by atoms with Crippen molar-refractivity contribution in [3.05, 3.63) is 28.2 Å². The van der Waals surface area contributed by atoms with E-state index in [1.165, 1.54) is 6.42 Å². The molecule has 3 heteroatoms. The highest BCUT2D eigenvalue weighted by Gasteiger charge is 2.28. The van der Waals surface area contributed by atoms with E-state index in [4.69, 9.17) is 4.74 Å². The molecular weight excluding hydrogens is 256 g/mol. The van der Waals surface area contributed by atoms with Crippen LogP contribution in [0.25, 0.3) is 0 Å². The predicted octanol–water partition coefficient (Wildman–Crippen LogP) is 3.29. The third kappa shape index (κ3) is 2.18. The molecule has 1 unspecified atom stereocenters. The summed E-state index contributed by atoms with van der Waals surface area (Å²) in [6.45, 7) is 0. The summed E-state index contributed by atoms with van der Waals surface area (Å²) in [5.74, 6) is 1.22. The fourth-order valence-electron chi connectivity index (χ4n) is 1.88. The predicted molar refractivity (Wildman–Crippen MR) is 63.0 cm³/mol. The van der Waals surface area contributed by atoms with Crippen molar-refractivity contribution in [3.63, 3.8) is 0 Å². The lowest BCUT2D eigenvalue weighted by molar-refractivity contribution is 0.0614. The Kier molecular flexibility index (Phi) is 3.32. The standard InChI is InChI=1S/C12H15BrO2/c1-15-9-5-6-11(13)10(7-9)12(14)8-3-2-4-8/h5-8,12,14H,2-4H2,1H3. The van der Waals surface area contributed by atoms with Crippen molar-refractivity contribution in [2.45, 2.75) is 25.4 Å². The largest absolute Gasteiger partial charge is 0.497 e. The van der Waals surface area contributed by atoms with Gasteiger partial charge in [-0.25, -0.2) is 0 Å². The Balaban J connectivity index is 2.24. The minimum absolute atomic E-state index is 0.358. The van der Waals surface area contributed by atoms with Crippen LogP contribution in [-0.4, -0.2) is 12.2 Å². The second-order valence-electron chi connectivity index (χ2n) is 4.02. The summed E-state index contributed by atoms with van der Waals surface area (Å²) in [6, 6.07) is 5.73. The molecular formula is C12H15BrO2. The Morgan fingerprint density at radius 1 is 1.47 bits per heavy atom. The Labute approximate surface area is 98.4 Å². The highest BCUT2D eigenvalue weighted by atomic mass is 79.9. The molecule has 0 saturated heterocycles. The topological polar surface area (TPSA) is 29.5 Å². The Bertz CT molecular complexity index is 347. The summed E-state index contributed by atoms with van der Waals surface area (Å²) in [7, 11) is 1.64. The number of ether oxygens (including phenoxy) is 1. The summed E-state index contributed by atoms with van der Waals surface area (Å²) in [6.07, 6.45) is 3.14. The molecule has 1 atom stereocenters. The molecule has 1 saturated carbocycles. The van der Waals surface area contributed by atoms with Gasteiger partial charge >= 0.3 is 0 Å². The van der Waals surface area contributed by atoms with Crippen molar-refractivity contribution in [2.75, 3.05) is 7.11 Å².